The zero-order valence-electron chi connectivity index (χ0n) is 16.1. The maximum absolute atomic E-state index is 5.64. The van der Waals surface area contributed by atoms with Gasteiger partial charge in [0.15, 0.2) is 0 Å². The number of nitrogens with zero attached hydrogens (tertiary/aromatic N) is 4. The van der Waals surface area contributed by atoms with E-state index in [1.165, 1.54) is 11.1 Å². The van der Waals surface area contributed by atoms with E-state index in [9.17, 15) is 0 Å². The Kier molecular flexibility index (Phi) is 4.13. The predicted molar refractivity (Wildman–Crippen MR) is 106 cm³/mol. The molecule has 5 rings (SSSR count). The number of fused-ring (bicyclic) bond motifs is 2. The van der Waals surface area contributed by atoms with E-state index in [1.807, 2.05) is 24.3 Å². The van der Waals surface area contributed by atoms with Gasteiger partial charge in [0.2, 0.25) is 0 Å². The monoisotopic (exact) mass is 374 g/mol. The van der Waals surface area contributed by atoms with Gasteiger partial charge in [-0.25, -0.2) is 4.98 Å². The lowest BCUT2D eigenvalue weighted by molar-refractivity contribution is 0.226. The van der Waals surface area contributed by atoms with Crippen molar-refractivity contribution in [1.29, 1.82) is 0 Å². The first-order valence-electron chi connectivity index (χ1n) is 9.48. The van der Waals surface area contributed by atoms with Crippen LogP contribution in [0.1, 0.15) is 22.6 Å². The summed E-state index contributed by atoms with van der Waals surface area (Å²) < 4.78 is 13.1. The van der Waals surface area contributed by atoms with Crippen LogP contribution in [0.15, 0.2) is 53.3 Å². The Morgan fingerprint density at radius 1 is 1.18 bits per heavy atom. The Bertz CT molecular complexity index is 1140. The zero-order chi connectivity index (χ0) is 19.1. The van der Waals surface area contributed by atoms with Crippen LogP contribution in [0, 0.1) is 6.92 Å². The Labute approximate surface area is 163 Å². The molecular weight excluding hydrogens is 352 g/mol. The van der Waals surface area contributed by atoms with Crippen molar-refractivity contribution in [2.75, 3.05) is 13.7 Å². The molecule has 0 saturated heterocycles. The van der Waals surface area contributed by atoms with Crippen LogP contribution in [0.25, 0.3) is 16.9 Å². The Morgan fingerprint density at radius 3 is 3.00 bits per heavy atom. The molecular formula is C22H22N4O2. The molecule has 4 heterocycles. The molecule has 6 nitrogen and oxygen atoms in total. The number of hydrogen-bond donors (Lipinski definition) is 0. The Hall–Kier alpha value is -3.12. The van der Waals surface area contributed by atoms with E-state index in [2.05, 4.69) is 45.9 Å². The van der Waals surface area contributed by atoms with E-state index in [1.54, 1.807) is 7.11 Å². The van der Waals surface area contributed by atoms with E-state index in [4.69, 9.17) is 14.2 Å². The Morgan fingerprint density at radius 2 is 2.11 bits per heavy atom. The van der Waals surface area contributed by atoms with Crippen molar-refractivity contribution >= 4 is 5.65 Å². The largest absolute Gasteiger partial charge is 0.497 e. The van der Waals surface area contributed by atoms with Crippen molar-refractivity contribution < 1.29 is 9.26 Å². The molecule has 1 aliphatic rings. The van der Waals surface area contributed by atoms with Crippen molar-refractivity contribution in [2.45, 2.75) is 26.4 Å². The summed E-state index contributed by atoms with van der Waals surface area (Å²) >= 11 is 0. The second kappa shape index (κ2) is 6.80. The van der Waals surface area contributed by atoms with Gasteiger partial charge in [-0.3, -0.25) is 4.90 Å². The lowest BCUT2D eigenvalue weighted by Gasteiger charge is -2.25. The Balaban J connectivity index is 1.40. The third-order valence-electron chi connectivity index (χ3n) is 5.28. The summed E-state index contributed by atoms with van der Waals surface area (Å²) in [5.74, 6) is 1.81. The summed E-state index contributed by atoms with van der Waals surface area (Å²) in [5, 5.41) is 4.35. The maximum Gasteiger partial charge on any atom is 0.143 e. The van der Waals surface area contributed by atoms with Crippen LogP contribution >= 0.6 is 0 Å². The summed E-state index contributed by atoms with van der Waals surface area (Å²) in [5.41, 5.74) is 6.39. The van der Waals surface area contributed by atoms with Gasteiger partial charge in [0.1, 0.15) is 22.9 Å². The normalized spacial score (nSPS) is 14.4. The number of methoxy groups -OCH3 is 1. The van der Waals surface area contributed by atoms with Gasteiger partial charge < -0.3 is 13.7 Å². The van der Waals surface area contributed by atoms with Crippen molar-refractivity contribution in [1.82, 2.24) is 19.4 Å². The number of benzene rings is 1. The van der Waals surface area contributed by atoms with Crippen molar-refractivity contribution in [3.8, 4) is 17.0 Å². The SMILES string of the molecule is COc1cccc(-c2noc3c2CN(Cc2cn4cc(C)ccc4n2)CC3)c1. The van der Waals surface area contributed by atoms with Gasteiger partial charge in [-0.2, -0.15) is 0 Å². The molecule has 1 aromatic carbocycles. The minimum absolute atomic E-state index is 0.804. The molecule has 0 saturated carbocycles. The summed E-state index contributed by atoms with van der Waals surface area (Å²) in [7, 11) is 1.68. The fraction of sp³-hybridized carbons (Fsp3) is 0.273. The molecule has 0 radical (unpaired) electrons. The van der Waals surface area contributed by atoms with Crippen LogP contribution in [-0.4, -0.2) is 33.1 Å². The molecule has 28 heavy (non-hydrogen) atoms. The number of hydrogen-bond acceptors (Lipinski definition) is 5. The molecule has 6 heteroatoms. The fourth-order valence-electron chi connectivity index (χ4n) is 3.86. The standard InChI is InChI=1S/C22H22N4O2/c1-15-6-7-21-23-17(13-26(21)11-15)12-25-9-8-20-19(14-25)22(24-28-20)16-4-3-5-18(10-16)27-2/h3-7,10-11,13H,8-9,12,14H2,1-2H3. The summed E-state index contributed by atoms with van der Waals surface area (Å²) in [6.45, 7) is 4.64. The molecule has 1 aliphatic heterocycles. The number of rotatable bonds is 4. The second-order valence-corrected chi connectivity index (χ2v) is 7.33. The number of pyridine rings is 1. The third-order valence-corrected chi connectivity index (χ3v) is 5.28. The molecule has 0 aliphatic carbocycles. The smallest absolute Gasteiger partial charge is 0.143 e. The van der Waals surface area contributed by atoms with Gasteiger partial charge in [0, 0.05) is 49.6 Å². The lowest BCUT2D eigenvalue weighted by atomic mass is 10.0. The molecule has 0 amide bonds. The second-order valence-electron chi connectivity index (χ2n) is 7.33. The van der Waals surface area contributed by atoms with Gasteiger partial charge in [-0.1, -0.05) is 23.4 Å². The molecule has 0 bridgehead atoms. The first-order valence-corrected chi connectivity index (χ1v) is 9.48. The minimum atomic E-state index is 0.804. The van der Waals surface area contributed by atoms with Gasteiger partial charge in [0.25, 0.3) is 0 Å². The first kappa shape index (κ1) is 17.0. The predicted octanol–water partition coefficient (Wildman–Crippen LogP) is 3.86. The number of ether oxygens (including phenoxy) is 1. The highest BCUT2D eigenvalue weighted by atomic mass is 16.5. The first-order chi connectivity index (χ1) is 13.7. The van der Waals surface area contributed by atoms with Crippen molar-refractivity contribution in [3.63, 3.8) is 0 Å². The molecule has 0 atom stereocenters. The van der Waals surface area contributed by atoms with Crippen LogP contribution in [0.4, 0.5) is 0 Å². The van der Waals surface area contributed by atoms with Crippen LogP contribution in [0.2, 0.25) is 0 Å². The highest BCUT2D eigenvalue weighted by molar-refractivity contribution is 5.65. The molecule has 0 spiro atoms. The van der Waals surface area contributed by atoms with Gasteiger partial charge in [-0.15, -0.1) is 0 Å². The number of aromatic nitrogens is 3. The average Bonchev–Trinajstić information content (AvgIpc) is 3.30. The van der Waals surface area contributed by atoms with Gasteiger partial charge in [-0.05, 0) is 30.7 Å². The summed E-state index contributed by atoms with van der Waals surface area (Å²) in [6, 6.07) is 12.1. The van der Waals surface area contributed by atoms with E-state index < -0.39 is 0 Å². The molecule has 142 valence electrons. The minimum Gasteiger partial charge on any atom is -0.497 e. The quantitative estimate of drug-likeness (QED) is 0.543. The van der Waals surface area contributed by atoms with Crippen molar-refractivity contribution in [3.05, 3.63) is 71.4 Å². The van der Waals surface area contributed by atoms with Gasteiger partial charge in [0.05, 0.1) is 12.8 Å². The van der Waals surface area contributed by atoms with E-state index in [0.717, 1.165) is 60.2 Å². The topological polar surface area (TPSA) is 55.8 Å². The molecule has 4 aromatic rings. The average molecular weight is 374 g/mol. The van der Waals surface area contributed by atoms with Gasteiger partial charge >= 0.3 is 0 Å². The van der Waals surface area contributed by atoms with Crippen LogP contribution < -0.4 is 4.74 Å². The maximum atomic E-state index is 5.64. The fourth-order valence-corrected chi connectivity index (χ4v) is 3.86. The summed E-state index contributed by atoms with van der Waals surface area (Å²) in [6.07, 6.45) is 5.09. The summed E-state index contributed by atoms with van der Waals surface area (Å²) in [4.78, 5) is 7.16. The number of imidazole rings is 1. The van der Waals surface area contributed by atoms with Crippen LogP contribution in [0.5, 0.6) is 5.75 Å². The van der Waals surface area contributed by atoms with E-state index in [0.29, 0.717) is 0 Å². The highest BCUT2D eigenvalue weighted by Crippen LogP contribution is 2.32. The van der Waals surface area contributed by atoms with E-state index in [-0.39, 0.29) is 0 Å². The van der Waals surface area contributed by atoms with E-state index >= 15 is 0 Å². The third kappa shape index (κ3) is 3.05. The molecule has 0 fully saturated rings. The number of aryl methyl sites for hydroxylation is 1. The zero-order valence-corrected chi connectivity index (χ0v) is 16.1. The molecule has 0 unspecified atom stereocenters. The van der Waals surface area contributed by atoms with Crippen LogP contribution in [-0.2, 0) is 19.5 Å². The van der Waals surface area contributed by atoms with Crippen molar-refractivity contribution in [2.24, 2.45) is 0 Å². The van der Waals surface area contributed by atoms with Crippen LogP contribution in [0.3, 0.4) is 0 Å². The lowest BCUT2D eigenvalue weighted by Crippen LogP contribution is -2.29. The molecule has 3 aromatic heterocycles. The highest BCUT2D eigenvalue weighted by Gasteiger charge is 2.25. The molecule has 0 N–H and O–H groups in total.